The lowest BCUT2D eigenvalue weighted by Crippen LogP contribution is -2.14. The molecule has 27 heavy (non-hydrogen) atoms. The van der Waals surface area contributed by atoms with E-state index in [0.717, 1.165) is 31.4 Å². The van der Waals surface area contributed by atoms with Crippen LogP contribution in [0.5, 0.6) is 0 Å². The molecule has 0 atom stereocenters. The van der Waals surface area contributed by atoms with Crippen molar-refractivity contribution in [3.63, 3.8) is 0 Å². The zero-order valence-corrected chi connectivity index (χ0v) is 17.1. The largest absolute Gasteiger partial charge is 0.322 e. The van der Waals surface area contributed by atoms with Crippen LogP contribution < -0.4 is 5.32 Å². The monoisotopic (exact) mass is 468 g/mol. The molecule has 134 valence electrons. The number of benzene rings is 2. The first-order valence-corrected chi connectivity index (χ1v) is 9.59. The van der Waals surface area contributed by atoms with Gasteiger partial charge in [-0.2, -0.15) is 5.10 Å². The maximum Gasteiger partial charge on any atom is 0.259 e. The maximum atomic E-state index is 12.7. The molecule has 4 aromatic rings. The molecule has 0 spiro atoms. The Bertz CT molecular complexity index is 1170. The first-order valence-electron chi connectivity index (χ1n) is 8.51. The molecule has 0 aliphatic carbocycles. The summed E-state index contributed by atoms with van der Waals surface area (Å²) in [5, 5.41) is 8.42. The molecule has 0 unspecified atom stereocenters. The summed E-state index contributed by atoms with van der Waals surface area (Å²) in [6, 6.07) is 17.8. The highest BCUT2D eigenvalue weighted by Gasteiger charge is 2.16. The van der Waals surface area contributed by atoms with Gasteiger partial charge in [-0.15, -0.1) is 0 Å². The Balaban J connectivity index is 1.65. The van der Waals surface area contributed by atoms with Crippen LogP contribution in [0.25, 0.3) is 16.7 Å². The first-order chi connectivity index (χ1) is 13.0. The second-order valence-electron chi connectivity index (χ2n) is 6.33. The van der Waals surface area contributed by atoms with Crippen LogP contribution in [0.3, 0.4) is 0 Å². The molecular weight excluding hydrogens is 451 g/mol. The molecule has 0 saturated heterocycles. The summed E-state index contributed by atoms with van der Waals surface area (Å²) in [4.78, 5) is 17.4. The minimum absolute atomic E-state index is 0.177. The number of carbonyl (C=O) groups is 1. The van der Waals surface area contributed by atoms with Gasteiger partial charge >= 0.3 is 0 Å². The summed E-state index contributed by atoms with van der Waals surface area (Å²) in [7, 11) is 0. The SMILES string of the molecule is Cc1cc(I)ccc1NC(=O)c1cnn(-c2ccc3ccccc3n2)c1C. The van der Waals surface area contributed by atoms with Crippen molar-refractivity contribution in [3.8, 4) is 5.82 Å². The van der Waals surface area contributed by atoms with Crippen LogP contribution in [0.1, 0.15) is 21.6 Å². The third-order valence-corrected chi connectivity index (χ3v) is 5.16. The van der Waals surface area contributed by atoms with E-state index in [1.807, 2.05) is 68.4 Å². The van der Waals surface area contributed by atoms with Crippen molar-refractivity contribution in [2.75, 3.05) is 5.32 Å². The summed E-state index contributed by atoms with van der Waals surface area (Å²) < 4.78 is 2.83. The van der Waals surface area contributed by atoms with Crippen molar-refractivity contribution >= 4 is 45.1 Å². The normalized spacial score (nSPS) is 10.9. The Morgan fingerprint density at radius 1 is 1.07 bits per heavy atom. The molecule has 0 radical (unpaired) electrons. The summed E-state index contributed by atoms with van der Waals surface area (Å²) in [6.07, 6.45) is 1.59. The fourth-order valence-electron chi connectivity index (χ4n) is 2.99. The quantitative estimate of drug-likeness (QED) is 0.436. The lowest BCUT2D eigenvalue weighted by Gasteiger charge is -2.09. The molecule has 5 nitrogen and oxygen atoms in total. The third kappa shape index (κ3) is 3.44. The molecular formula is C21H17IN4O. The predicted octanol–water partition coefficient (Wildman–Crippen LogP) is 4.89. The Kier molecular flexibility index (Phi) is 4.65. The molecule has 0 aliphatic heterocycles. The van der Waals surface area contributed by atoms with Crippen LogP contribution in [-0.4, -0.2) is 20.7 Å². The van der Waals surface area contributed by atoms with Gasteiger partial charge in [-0.1, -0.05) is 18.2 Å². The van der Waals surface area contributed by atoms with E-state index in [1.165, 1.54) is 0 Å². The standard InChI is InChI=1S/C21H17IN4O/c1-13-11-16(22)8-9-18(13)25-21(27)17-12-23-26(14(17)2)20-10-7-15-5-3-4-6-19(15)24-20/h3-12H,1-2H3,(H,25,27). The number of hydrogen-bond donors (Lipinski definition) is 1. The Morgan fingerprint density at radius 3 is 2.70 bits per heavy atom. The fourth-order valence-corrected chi connectivity index (χ4v) is 3.64. The highest BCUT2D eigenvalue weighted by atomic mass is 127. The molecule has 2 aromatic heterocycles. The Labute approximate surface area is 170 Å². The van der Waals surface area contributed by atoms with Crippen LogP contribution in [0.15, 0.2) is 60.8 Å². The van der Waals surface area contributed by atoms with Crippen molar-refractivity contribution in [2.24, 2.45) is 0 Å². The van der Waals surface area contributed by atoms with Crippen molar-refractivity contribution in [1.82, 2.24) is 14.8 Å². The van der Waals surface area contributed by atoms with Crippen LogP contribution >= 0.6 is 22.6 Å². The molecule has 6 heteroatoms. The summed E-state index contributed by atoms with van der Waals surface area (Å²) in [5.74, 6) is 0.513. The van der Waals surface area contributed by atoms with E-state index in [2.05, 4.69) is 38.0 Å². The zero-order valence-electron chi connectivity index (χ0n) is 14.9. The number of amides is 1. The van der Waals surface area contributed by atoms with E-state index in [0.29, 0.717) is 11.4 Å². The molecule has 2 aromatic carbocycles. The number of rotatable bonds is 3. The second kappa shape index (κ2) is 7.11. The molecule has 0 fully saturated rings. The van der Waals surface area contributed by atoms with Crippen LogP contribution in [-0.2, 0) is 0 Å². The zero-order chi connectivity index (χ0) is 19.0. The number of nitrogens with zero attached hydrogens (tertiary/aromatic N) is 3. The average molecular weight is 468 g/mol. The molecule has 0 aliphatic rings. The lowest BCUT2D eigenvalue weighted by atomic mass is 10.2. The number of anilines is 1. The minimum Gasteiger partial charge on any atom is -0.322 e. The summed E-state index contributed by atoms with van der Waals surface area (Å²) >= 11 is 2.26. The van der Waals surface area contributed by atoms with Gasteiger partial charge in [-0.3, -0.25) is 4.79 Å². The molecule has 2 heterocycles. The number of hydrogen-bond acceptors (Lipinski definition) is 3. The van der Waals surface area contributed by atoms with Gasteiger partial charge in [0.05, 0.1) is 23.0 Å². The third-order valence-electron chi connectivity index (χ3n) is 4.49. The number of para-hydroxylation sites is 1. The molecule has 0 bridgehead atoms. The number of aryl methyl sites for hydroxylation is 1. The van der Waals surface area contributed by atoms with Gasteiger partial charge in [0.25, 0.3) is 5.91 Å². The number of carbonyl (C=O) groups excluding carboxylic acids is 1. The molecule has 0 saturated carbocycles. The number of pyridine rings is 1. The van der Waals surface area contributed by atoms with E-state index in [4.69, 9.17) is 0 Å². The van der Waals surface area contributed by atoms with E-state index < -0.39 is 0 Å². The van der Waals surface area contributed by atoms with Crippen molar-refractivity contribution in [2.45, 2.75) is 13.8 Å². The van der Waals surface area contributed by atoms with E-state index in [9.17, 15) is 4.79 Å². The van der Waals surface area contributed by atoms with Crippen LogP contribution in [0, 0.1) is 17.4 Å². The van der Waals surface area contributed by atoms with Gasteiger partial charge in [-0.25, -0.2) is 9.67 Å². The number of nitrogens with one attached hydrogen (secondary N) is 1. The van der Waals surface area contributed by atoms with Gasteiger partial charge < -0.3 is 5.32 Å². The summed E-state index contributed by atoms with van der Waals surface area (Å²) in [6.45, 7) is 3.85. The van der Waals surface area contributed by atoms with Gasteiger partial charge in [-0.05, 0) is 78.4 Å². The molecule has 4 rings (SSSR count). The average Bonchev–Trinajstić information content (AvgIpc) is 3.05. The highest BCUT2D eigenvalue weighted by molar-refractivity contribution is 14.1. The fraction of sp³-hybridized carbons (Fsp3) is 0.0952. The van der Waals surface area contributed by atoms with Crippen LogP contribution in [0.2, 0.25) is 0 Å². The van der Waals surface area contributed by atoms with Crippen molar-refractivity contribution < 1.29 is 4.79 Å². The van der Waals surface area contributed by atoms with E-state index >= 15 is 0 Å². The van der Waals surface area contributed by atoms with Gasteiger partial charge in [0, 0.05) is 14.6 Å². The van der Waals surface area contributed by atoms with Gasteiger partial charge in [0.1, 0.15) is 0 Å². The van der Waals surface area contributed by atoms with Crippen LogP contribution in [0.4, 0.5) is 5.69 Å². The smallest absolute Gasteiger partial charge is 0.259 e. The number of fused-ring (bicyclic) bond motifs is 1. The lowest BCUT2D eigenvalue weighted by molar-refractivity contribution is 0.102. The topological polar surface area (TPSA) is 59.8 Å². The molecule has 1 N–H and O–H groups in total. The summed E-state index contributed by atoms with van der Waals surface area (Å²) in [5.41, 5.74) is 4.00. The van der Waals surface area contributed by atoms with Gasteiger partial charge in [0.15, 0.2) is 5.82 Å². The maximum absolute atomic E-state index is 12.7. The Morgan fingerprint density at radius 2 is 1.89 bits per heavy atom. The number of aromatic nitrogens is 3. The van der Waals surface area contributed by atoms with E-state index in [1.54, 1.807) is 10.9 Å². The van der Waals surface area contributed by atoms with E-state index in [-0.39, 0.29) is 5.91 Å². The Hall–Kier alpha value is -2.74. The first kappa shape index (κ1) is 17.7. The second-order valence-corrected chi connectivity index (χ2v) is 7.58. The van der Waals surface area contributed by atoms with Crippen molar-refractivity contribution in [3.05, 3.63) is 81.2 Å². The predicted molar refractivity (Wildman–Crippen MR) is 115 cm³/mol. The van der Waals surface area contributed by atoms with Crippen molar-refractivity contribution in [1.29, 1.82) is 0 Å². The highest BCUT2D eigenvalue weighted by Crippen LogP contribution is 2.21. The number of halogens is 1. The molecule has 1 amide bonds. The minimum atomic E-state index is -0.177. The van der Waals surface area contributed by atoms with Gasteiger partial charge in [0.2, 0.25) is 0 Å².